The average Bonchev–Trinajstić information content (AvgIpc) is 4.10. The lowest BCUT2D eigenvalue weighted by atomic mass is 10.2. The van der Waals surface area contributed by atoms with Gasteiger partial charge >= 0.3 is 0 Å². The second kappa shape index (κ2) is 19.3. The van der Waals surface area contributed by atoms with Crippen LogP contribution in [0.3, 0.4) is 0 Å². The van der Waals surface area contributed by atoms with Crippen LogP contribution < -0.4 is 16.0 Å². The minimum atomic E-state index is -0.458. The Morgan fingerprint density at radius 3 is 1.93 bits per heavy atom. The summed E-state index contributed by atoms with van der Waals surface area (Å²) in [5, 5.41) is 11.9. The first-order valence-electron chi connectivity index (χ1n) is 17.6. The van der Waals surface area contributed by atoms with Crippen molar-refractivity contribution in [1.82, 2.24) is 59.4 Å². The number of furan rings is 1. The second-order valence-electron chi connectivity index (χ2n) is 12.2. The van der Waals surface area contributed by atoms with Crippen molar-refractivity contribution in [3.63, 3.8) is 0 Å². The van der Waals surface area contributed by atoms with Crippen molar-refractivity contribution in [1.29, 1.82) is 0 Å². The Balaban J connectivity index is 0.000000136. The molecular formula is C38H29Cl3FN17O. The van der Waals surface area contributed by atoms with E-state index in [1.165, 1.54) is 6.33 Å². The van der Waals surface area contributed by atoms with E-state index in [1.807, 2.05) is 30.3 Å². The van der Waals surface area contributed by atoms with E-state index >= 15 is 0 Å². The Morgan fingerprint density at radius 1 is 0.717 bits per heavy atom. The summed E-state index contributed by atoms with van der Waals surface area (Å²) in [6.45, 7) is 15.6. The van der Waals surface area contributed by atoms with Gasteiger partial charge in [-0.05, 0) is 76.8 Å². The quantitative estimate of drug-likeness (QED) is 0.0608. The van der Waals surface area contributed by atoms with Crippen molar-refractivity contribution in [2.24, 2.45) is 0 Å². The lowest BCUT2D eigenvalue weighted by Crippen LogP contribution is -2.04. The summed E-state index contributed by atoms with van der Waals surface area (Å²) in [6.07, 6.45) is 13.1. The molecule has 18 nitrogen and oxygen atoms in total. The van der Waals surface area contributed by atoms with E-state index in [4.69, 9.17) is 52.4 Å². The Hall–Kier alpha value is -7.45. The van der Waals surface area contributed by atoms with Crippen LogP contribution in [0.2, 0.25) is 15.9 Å². The molecule has 0 bridgehead atoms. The van der Waals surface area contributed by atoms with Gasteiger partial charge in [0.25, 0.3) is 0 Å². The highest BCUT2D eigenvalue weighted by Crippen LogP contribution is 2.33. The average molecular weight is 865 g/mol. The number of hydrogen-bond donors (Lipinski definition) is 5. The van der Waals surface area contributed by atoms with Gasteiger partial charge in [-0.1, -0.05) is 0 Å². The highest BCUT2D eigenvalue weighted by molar-refractivity contribution is 6.29. The summed E-state index contributed by atoms with van der Waals surface area (Å²) in [7, 11) is 0. The van der Waals surface area contributed by atoms with E-state index < -0.39 is 6.67 Å². The fraction of sp³-hybridized carbons (Fsp3) is 0.132. The van der Waals surface area contributed by atoms with Gasteiger partial charge in [0.1, 0.15) is 53.2 Å². The van der Waals surface area contributed by atoms with Crippen LogP contribution in [0.4, 0.5) is 33.2 Å². The van der Waals surface area contributed by atoms with E-state index in [0.717, 1.165) is 22.4 Å². The van der Waals surface area contributed by atoms with Gasteiger partial charge in [-0.15, -0.1) is 0 Å². The van der Waals surface area contributed by atoms with Crippen LogP contribution in [-0.4, -0.2) is 66.1 Å². The molecule has 0 aromatic carbocycles. The number of pyridine rings is 1. The molecule has 0 aliphatic rings. The molecule has 0 saturated carbocycles. The molecule has 9 heterocycles. The molecule has 9 aromatic rings. The van der Waals surface area contributed by atoms with Crippen LogP contribution >= 0.6 is 34.8 Å². The van der Waals surface area contributed by atoms with Crippen LogP contribution in [0.25, 0.3) is 42.8 Å². The van der Waals surface area contributed by atoms with E-state index in [2.05, 4.69) is 80.5 Å². The third kappa shape index (κ3) is 9.80. The van der Waals surface area contributed by atoms with Gasteiger partial charge < -0.3 is 34.9 Å². The number of nitrogens with zero attached hydrogens (tertiary/aromatic N) is 12. The Kier molecular flexibility index (Phi) is 13.1. The summed E-state index contributed by atoms with van der Waals surface area (Å²) < 4.78 is 19.5. The molecule has 0 aliphatic heterocycles. The molecule has 9 aromatic heterocycles. The zero-order chi connectivity index (χ0) is 41.8. The van der Waals surface area contributed by atoms with Gasteiger partial charge in [-0.2, -0.15) is 4.98 Å². The number of aryl methyl sites for hydroxylation is 1. The highest BCUT2D eigenvalue weighted by atomic mass is 35.5. The molecule has 0 aliphatic carbocycles. The first kappa shape index (κ1) is 40.7. The number of H-pyrrole nitrogens is 2. The normalized spacial score (nSPS) is 10.6. The lowest BCUT2D eigenvalue weighted by molar-refractivity contribution is 0.450. The lowest BCUT2D eigenvalue weighted by Gasteiger charge is -2.07. The maximum absolute atomic E-state index is 12.5. The summed E-state index contributed by atoms with van der Waals surface area (Å²) >= 11 is 17.7. The van der Waals surface area contributed by atoms with Gasteiger partial charge in [-0.3, -0.25) is 4.98 Å². The number of hydrogen-bond acceptors (Lipinski definition) is 13. The number of rotatable bonds is 11. The number of halogens is 4. The monoisotopic (exact) mass is 863 g/mol. The Bertz CT molecular complexity index is 2790. The van der Waals surface area contributed by atoms with E-state index in [0.29, 0.717) is 76.2 Å². The summed E-state index contributed by atoms with van der Waals surface area (Å²) in [5.74, 6) is 2.44. The fourth-order valence-corrected chi connectivity index (χ4v) is 6.23. The summed E-state index contributed by atoms with van der Waals surface area (Å²) in [5.41, 5.74) is 4.47. The number of aromatic nitrogens is 12. The zero-order valence-electron chi connectivity index (χ0n) is 30.9. The van der Waals surface area contributed by atoms with Crippen molar-refractivity contribution < 1.29 is 8.81 Å². The van der Waals surface area contributed by atoms with Gasteiger partial charge in [0.2, 0.25) is 27.2 Å². The molecule has 0 fully saturated rings. The second-order valence-corrected chi connectivity index (χ2v) is 13.2. The van der Waals surface area contributed by atoms with Crippen molar-refractivity contribution >= 4 is 96.7 Å². The first-order chi connectivity index (χ1) is 29.3. The molecule has 0 unspecified atom stereocenters. The number of alkyl halides is 1. The molecule has 300 valence electrons. The molecule has 0 amide bonds. The van der Waals surface area contributed by atoms with E-state index in [9.17, 15) is 4.39 Å². The van der Waals surface area contributed by atoms with Crippen molar-refractivity contribution in [2.75, 3.05) is 22.6 Å². The van der Waals surface area contributed by atoms with Crippen LogP contribution in [0.1, 0.15) is 17.0 Å². The number of anilines is 3. The molecule has 5 N–H and O–H groups in total. The number of fused-ring (bicyclic) bond motifs is 3. The molecule has 0 spiro atoms. The predicted octanol–water partition coefficient (Wildman–Crippen LogP) is 8.99. The van der Waals surface area contributed by atoms with Crippen LogP contribution in [0, 0.1) is 13.1 Å². The smallest absolute Gasteiger partial charge is 0.226 e. The number of aromatic amines is 2. The molecule has 0 atom stereocenters. The molecule has 22 heteroatoms. The molecule has 60 heavy (non-hydrogen) atoms. The molecule has 0 saturated heterocycles. The summed E-state index contributed by atoms with van der Waals surface area (Å²) in [4.78, 5) is 49.4. The van der Waals surface area contributed by atoms with Gasteiger partial charge in [0.05, 0.1) is 60.9 Å². The van der Waals surface area contributed by atoms with Gasteiger partial charge in [0.15, 0.2) is 0 Å². The SMILES string of the molecule is FCCn1ccc2c(NCc3ccco3)nc(Cl)nc21.[C-]#[N+]c1c[nH]c2nc(Cl)nc(NCc3ccncc3)c12.[C-]#[N+]c1c[nH]c2nc(Cl)nc(NCc3ccncn3)c12. The van der Waals surface area contributed by atoms with Crippen molar-refractivity contribution in [3.05, 3.63) is 142 Å². The molecule has 9 rings (SSSR count). The zero-order valence-corrected chi connectivity index (χ0v) is 33.2. The standard InChI is InChI=1S/C13H12ClFN4O.C13H9ClN6.C12H8ClN7/c14-13-17-11(16-8-9-2-1-7-20-9)10-3-5-19(6-4-15)12(10)18-13;1-15-9-7-18-12-10(9)11(19-13(14)20-12)17-6-8-2-4-16-5-3-8;1-14-8-5-17-11-9(8)10(19-12(13)20-11)16-4-7-2-3-15-6-18-7/h1-3,5,7H,4,6,8H2,(H,16,17,18);2-5,7H,6H2,(H2,17,18,19,20);2-3,5-6H,4H2,(H2,16,17,19,20). The highest BCUT2D eigenvalue weighted by Gasteiger charge is 2.15. The third-order valence-electron chi connectivity index (χ3n) is 8.42. The van der Waals surface area contributed by atoms with Gasteiger partial charge in [0, 0.05) is 43.7 Å². The van der Waals surface area contributed by atoms with E-state index in [-0.39, 0.29) is 22.4 Å². The fourth-order valence-electron chi connectivity index (χ4n) is 5.72. The minimum Gasteiger partial charge on any atom is -0.467 e. The Morgan fingerprint density at radius 2 is 1.33 bits per heavy atom. The third-order valence-corrected chi connectivity index (χ3v) is 8.93. The van der Waals surface area contributed by atoms with Crippen LogP contribution in [0.5, 0.6) is 0 Å². The minimum absolute atomic E-state index is 0.112. The van der Waals surface area contributed by atoms with E-state index in [1.54, 1.807) is 54.1 Å². The maximum atomic E-state index is 12.5. The summed E-state index contributed by atoms with van der Waals surface area (Å²) in [6, 6.07) is 11.1. The molecule has 0 radical (unpaired) electrons. The maximum Gasteiger partial charge on any atom is 0.226 e. The molecular weight excluding hydrogens is 836 g/mol. The van der Waals surface area contributed by atoms with Crippen molar-refractivity contribution in [2.45, 2.75) is 26.2 Å². The van der Waals surface area contributed by atoms with Crippen LogP contribution in [0.15, 0.2) is 90.6 Å². The van der Waals surface area contributed by atoms with Gasteiger partial charge in [-0.25, -0.2) is 49.0 Å². The first-order valence-corrected chi connectivity index (χ1v) is 18.8. The Labute approximate surface area is 354 Å². The van der Waals surface area contributed by atoms with Crippen molar-refractivity contribution in [3.8, 4) is 0 Å². The largest absolute Gasteiger partial charge is 0.467 e. The topological polar surface area (TPSA) is 210 Å². The van der Waals surface area contributed by atoms with Crippen LogP contribution in [-0.2, 0) is 26.2 Å². The predicted molar refractivity (Wildman–Crippen MR) is 226 cm³/mol. The number of nitrogens with one attached hydrogen (secondary N) is 5.